The zero-order chi connectivity index (χ0) is 13.9. The molecule has 1 amide bonds. The highest BCUT2D eigenvalue weighted by atomic mass is 16.6. The third kappa shape index (κ3) is 2.51. The second kappa shape index (κ2) is 5.12. The van der Waals surface area contributed by atoms with Crippen molar-refractivity contribution in [1.82, 2.24) is 15.7 Å². The van der Waals surface area contributed by atoms with Gasteiger partial charge in [0.15, 0.2) is 0 Å². The van der Waals surface area contributed by atoms with Crippen molar-refractivity contribution >= 4 is 11.6 Å². The van der Waals surface area contributed by atoms with E-state index < -0.39 is 0 Å². The van der Waals surface area contributed by atoms with E-state index in [9.17, 15) is 4.79 Å². The molecule has 1 aliphatic carbocycles. The van der Waals surface area contributed by atoms with Gasteiger partial charge in [0.05, 0.1) is 0 Å². The van der Waals surface area contributed by atoms with E-state index >= 15 is 0 Å². The number of hydrogen-bond acceptors (Lipinski definition) is 6. The van der Waals surface area contributed by atoms with Gasteiger partial charge in [-0.3, -0.25) is 4.79 Å². The van der Waals surface area contributed by atoms with Gasteiger partial charge in [-0.05, 0) is 30.7 Å². The van der Waals surface area contributed by atoms with Gasteiger partial charge >= 0.3 is 0 Å². The number of nitrogens with zero attached hydrogens (tertiary/aromatic N) is 3. The first-order valence-corrected chi connectivity index (χ1v) is 6.17. The van der Waals surface area contributed by atoms with Crippen LogP contribution in [-0.2, 0) is 12.8 Å². The third-order valence-corrected chi connectivity index (χ3v) is 3.10. The maximum Gasteiger partial charge on any atom is 0.271 e. The molecule has 0 aliphatic heterocycles. The van der Waals surface area contributed by atoms with Crippen molar-refractivity contribution in [2.45, 2.75) is 19.3 Å². The number of phenols is 1. The number of amides is 1. The van der Waals surface area contributed by atoms with Gasteiger partial charge in [-0.2, -0.15) is 5.10 Å². The lowest BCUT2D eigenvalue weighted by molar-refractivity contribution is 0.0954. The third-order valence-electron chi connectivity index (χ3n) is 3.10. The zero-order valence-corrected chi connectivity index (χ0v) is 10.5. The highest BCUT2D eigenvalue weighted by molar-refractivity contribution is 5.96. The van der Waals surface area contributed by atoms with Crippen molar-refractivity contribution in [1.29, 1.82) is 0 Å². The Morgan fingerprint density at radius 2 is 1.95 bits per heavy atom. The molecule has 3 rings (SSSR count). The van der Waals surface area contributed by atoms with E-state index in [2.05, 4.69) is 25.5 Å². The summed E-state index contributed by atoms with van der Waals surface area (Å²) >= 11 is 0. The van der Waals surface area contributed by atoms with Crippen LogP contribution in [0.2, 0.25) is 0 Å². The molecule has 0 fully saturated rings. The molecule has 7 nitrogen and oxygen atoms in total. The number of phenolic OH excluding ortho intramolecular Hbond substituents is 1. The van der Waals surface area contributed by atoms with E-state index in [-0.39, 0.29) is 11.7 Å². The highest BCUT2D eigenvalue weighted by Gasteiger charge is 2.19. The van der Waals surface area contributed by atoms with Crippen LogP contribution < -0.4 is 5.43 Å². The summed E-state index contributed by atoms with van der Waals surface area (Å²) in [7, 11) is 0. The summed E-state index contributed by atoms with van der Waals surface area (Å²) in [5, 5.41) is 20.9. The lowest BCUT2D eigenvalue weighted by atomic mass is 9.99. The van der Waals surface area contributed by atoms with Crippen LogP contribution in [0.5, 0.6) is 5.75 Å². The molecule has 0 bridgehead atoms. The lowest BCUT2D eigenvalue weighted by Gasteiger charge is -2.10. The standard InChI is InChI=1S/C13H12N4O3/c18-10-4-1-8(2-5-10)13(19)15-14-9-3-6-11-12(7-9)17-20-16-11/h1-2,4-5,18H,3,6-7H2,(H,15,19)/b14-9+. The molecule has 0 radical (unpaired) electrons. The van der Waals surface area contributed by atoms with E-state index in [0.29, 0.717) is 18.4 Å². The van der Waals surface area contributed by atoms with E-state index in [1.54, 1.807) is 0 Å². The van der Waals surface area contributed by atoms with Crippen molar-refractivity contribution in [3.05, 3.63) is 41.2 Å². The minimum Gasteiger partial charge on any atom is -0.508 e. The molecule has 2 aromatic rings. The number of hydrogen-bond donors (Lipinski definition) is 2. The second-order valence-electron chi connectivity index (χ2n) is 4.50. The second-order valence-corrected chi connectivity index (χ2v) is 4.50. The number of aryl methyl sites for hydroxylation is 1. The Bertz CT molecular complexity index is 661. The van der Waals surface area contributed by atoms with Gasteiger partial charge in [0.25, 0.3) is 5.91 Å². The molecule has 7 heteroatoms. The quantitative estimate of drug-likeness (QED) is 0.796. The summed E-state index contributed by atoms with van der Waals surface area (Å²) in [5.74, 6) is -0.201. The largest absolute Gasteiger partial charge is 0.508 e. The monoisotopic (exact) mass is 272 g/mol. The molecule has 0 saturated carbocycles. The van der Waals surface area contributed by atoms with Gasteiger partial charge in [0.1, 0.15) is 17.1 Å². The van der Waals surface area contributed by atoms with Crippen LogP contribution in [0, 0.1) is 0 Å². The van der Waals surface area contributed by atoms with E-state index in [4.69, 9.17) is 5.11 Å². The van der Waals surface area contributed by atoms with Gasteiger partial charge in [-0.15, -0.1) is 0 Å². The van der Waals surface area contributed by atoms with Gasteiger partial charge in [-0.1, -0.05) is 10.3 Å². The van der Waals surface area contributed by atoms with Crippen LogP contribution in [-0.4, -0.2) is 27.0 Å². The fraction of sp³-hybridized carbons (Fsp3) is 0.231. The first-order chi connectivity index (χ1) is 9.72. The molecule has 1 aromatic heterocycles. The summed E-state index contributed by atoms with van der Waals surface area (Å²) in [5.41, 5.74) is 5.40. The SMILES string of the molecule is O=C(N/N=C1\CCc2nonc2C1)c1ccc(O)cc1. The molecule has 2 N–H and O–H groups in total. The number of hydrazone groups is 1. The number of aromatic nitrogens is 2. The van der Waals surface area contributed by atoms with Crippen LogP contribution in [0.15, 0.2) is 34.0 Å². The van der Waals surface area contributed by atoms with Crippen LogP contribution in [0.3, 0.4) is 0 Å². The fourth-order valence-electron chi connectivity index (χ4n) is 2.00. The molecule has 0 spiro atoms. The molecule has 0 unspecified atom stereocenters. The van der Waals surface area contributed by atoms with Crippen LogP contribution in [0.4, 0.5) is 0 Å². The predicted molar refractivity (Wildman–Crippen MR) is 69.3 cm³/mol. The van der Waals surface area contributed by atoms with Gasteiger partial charge in [0.2, 0.25) is 0 Å². The molecule has 0 atom stereocenters. The van der Waals surface area contributed by atoms with Gasteiger partial charge in [0, 0.05) is 24.1 Å². The summed E-state index contributed by atoms with van der Waals surface area (Å²) < 4.78 is 4.66. The maximum absolute atomic E-state index is 11.8. The van der Waals surface area contributed by atoms with Gasteiger partial charge in [-0.25, -0.2) is 10.1 Å². The van der Waals surface area contributed by atoms with Crippen molar-refractivity contribution in [2.75, 3.05) is 0 Å². The Morgan fingerprint density at radius 3 is 2.75 bits per heavy atom. The lowest BCUT2D eigenvalue weighted by Crippen LogP contribution is -2.22. The number of nitrogens with one attached hydrogen (secondary N) is 1. The number of aromatic hydroxyl groups is 1. The van der Waals surface area contributed by atoms with E-state index in [0.717, 1.165) is 23.5 Å². The Labute approximate surface area is 114 Å². The first-order valence-electron chi connectivity index (χ1n) is 6.17. The van der Waals surface area contributed by atoms with Crippen molar-refractivity contribution in [3.8, 4) is 5.75 Å². The number of benzene rings is 1. The fourth-order valence-corrected chi connectivity index (χ4v) is 2.00. The number of fused-ring (bicyclic) bond motifs is 1. The normalized spacial score (nSPS) is 15.9. The average Bonchev–Trinajstić information content (AvgIpc) is 2.93. The van der Waals surface area contributed by atoms with Crippen LogP contribution in [0.25, 0.3) is 0 Å². The molecule has 1 aromatic carbocycles. The van der Waals surface area contributed by atoms with E-state index in [1.165, 1.54) is 24.3 Å². The molecule has 1 heterocycles. The topological polar surface area (TPSA) is 101 Å². The highest BCUT2D eigenvalue weighted by Crippen LogP contribution is 2.15. The van der Waals surface area contributed by atoms with Crippen LogP contribution >= 0.6 is 0 Å². The predicted octanol–water partition coefficient (Wildman–Crippen LogP) is 1.05. The summed E-state index contributed by atoms with van der Waals surface area (Å²) in [6.45, 7) is 0. The maximum atomic E-state index is 11.8. The van der Waals surface area contributed by atoms with E-state index in [1.807, 2.05) is 0 Å². The molecule has 1 aliphatic rings. The molecular weight excluding hydrogens is 260 g/mol. The summed E-state index contributed by atoms with van der Waals surface area (Å²) in [6, 6.07) is 5.97. The Hall–Kier alpha value is -2.70. The number of carbonyl (C=O) groups is 1. The first kappa shape index (κ1) is 12.3. The summed E-state index contributed by atoms with van der Waals surface area (Å²) in [6.07, 6.45) is 1.97. The van der Waals surface area contributed by atoms with Crippen molar-refractivity contribution in [2.24, 2.45) is 5.10 Å². The van der Waals surface area contributed by atoms with Crippen LogP contribution in [0.1, 0.15) is 28.2 Å². The molecule has 20 heavy (non-hydrogen) atoms. The van der Waals surface area contributed by atoms with Crippen molar-refractivity contribution in [3.63, 3.8) is 0 Å². The zero-order valence-electron chi connectivity index (χ0n) is 10.5. The Balaban J connectivity index is 1.66. The number of carbonyl (C=O) groups excluding carboxylic acids is 1. The molecule has 102 valence electrons. The number of rotatable bonds is 2. The minimum absolute atomic E-state index is 0.117. The molecule has 0 saturated heterocycles. The molecular formula is C13H12N4O3. The summed E-state index contributed by atoms with van der Waals surface area (Å²) in [4.78, 5) is 11.8. The minimum atomic E-state index is -0.318. The average molecular weight is 272 g/mol. The Kier molecular flexibility index (Phi) is 3.16. The van der Waals surface area contributed by atoms with Crippen molar-refractivity contribution < 1.29 is 14.5 Å². The van der Waals surface area contributed by atoms with Gasteiger partial charge < -0.3 is 5.11 Å². The Morgan fingerprint density at radius 1 is 1.20 bits per heavy atom. The smallest absolute Gasteiger partial charge is 0.271 e.